The van der Waals surface area contributed by atoms with Crippen LogP contribution in [0, 0.1) is 5.92 Å². The predicted molar refractivity (Wildman–Crippen MR) is 79.6 cm³/mol. The molecular weight excluding hydrogens is 265 g/mol. The molecule has 1 aromatic rings. The molecule has 0 spiro atoms. The first-order valence-electron chi connectivity index (χ1n) is 6.86. The zero-order valence-electron chi connectivity index (χ0n) is 10.9. The van der Waals surface area contributed by atoms with Gasteiger partial charge >= 0.3 is 0 Å². The zero-order chi connectivity index (χ0) is 13.0. The van der Waals surface area contributed by atoms with Gasteiger partial charge in [0.2, 0.25) is 0 Å². The first-order valence-corrected chi connectivity index (χ1v) is 7.62. The van der Waals surface area contributed by atoms with Crippen molar-refractivity contribution in [3.63, 3.8) is 0 Å². The minimum absolute atomic E-state index is 0.642. The van der Waals surface area contributed by atoms with Gasteiger partial charge in [0.05, 0.1) is 10.0 Å². The highest BCUT2D eigenvalue weighted by atomic mass is 35.5. The van der Waals surface area contributed by atoms with Crippen molar-refractivity contribution in [3.05, 3.63) is 33.8 Å². The van der Waals surface area contributed by atoms with Crippen LogP contribution in [-0.2, 0) is 6.42 Å². The Morgan fingerprint density at radius 2 is 2.06 bits per heavy atom. The molecule has 0 aliphatic heterocycles. The Morgan fingerprint density at radius 3 is 2.67 bits per heavy atom. The van der Waals surface area contributed by atoms with E-state index in [0.29, 0.717) is 16.0 Å². The lowest BCUT2D eigenvalue weighted by molar-refractivity contribution is 0.437. The van der Waals surface area contributed by atoms with E-state index in [1.165, 1.54) is 31.2 Å². The summed E-state index contributed by atoms with van der Waals surface area (Å²) >= 11 is 12.0. The van der Waals surface area contributed by atoms with Crippen molar-refractivity contribution in [1.29, 1.82) is 0 Å². The molecule has 1 fully saturated rings. The van der Waals surface area contributed by atoms with Crippen molar-refractivity contribution in [2.75, 3.05) is 6.54 Å². The molecule has 0 amide bonds. The molecule has 1 aliphatic rings. The predicted octanol–water partition coefficient (Wildman–Crippen LogP) is 4.70. The van der Waals surface area contributed by atoms with Crippen LogP contribution in [-0.4, -0.2) is 12.6 Å². The van der Waals surface area contributed by atoms with E-state index in [2.05, 4.69) is 18.3 Å². The van der Waals surface area contributed by atoms with Crippen molar-refractivity contribution >= 4 is 23.2 Å². The summed E-state index contributed by atoms with van der Waals surface area (Å²) in [5.74, 6) is 0.702. The summed E-state index contributed by atoms with van der Waals surface area (Å²) < 4.78 is 0. The Labute approximate surface area is 120 Å². The van der Waals surface area contributed by atoms with Crippen molar-refractivity contribution in [3.8, 4) is 0 Å². The number of hydrogen-bond donors (Lipinski definition) is 1. The smallest absolute Gasteiger partial charge is 0.0595 e. The molecule has 1 unspecified atom stereocenters. The maximum atomic E-state index is 6.06. The highest BCUT2D eigenvalue weighted by Crippen LogP contribution is 2.25. The van der Waals surface area contributed by atoms with E-state index in [1.807, 2.05) is 12.1 Å². The summed E-state index contributed by atoms with van der Waals surface area (Å²) in [7, 11) is 0. The molecule has 0 aromatic heterocycles. The summed E-state index contributed by atoms with van der Waals surface area (Å²) in [6.07, 6.45) is 6.29. The maximum absolute atomic E-state index is 6.06. The van der Waals surface area contributed by atoms with Gasteiger partial charge in [-0.05, 0) is 55.8 Å². The van der Waals surface area contributed by atoms with Crippen LogP contribution in [0.1, 0.15) is 38.2 Å². The molecule has 1 aliphatic carbocycles. The third kappa shape index (κ3) is 4.46. The molecule has 0 bridgehead atoms. The number of nitrogens with one attached hydrogen (secondary N) is 1. The molecule has 0 heterocycles. The van der Waals surface area contributed by atoms with E-state index in [9.17, 15) is 0 Å². The Morgan fingerprint density at radius 1 is 1.28 bits per heavy atom. The maximum Gasteiger partial charge on any atom is 0.0595 e. The summed E-state index contributed by atoms with van der Waals surface area (Å²) in [6.45, 7) is 3.37. The number of rotatable bonds is 7. The number of hydrogen-bond acceptors (Lipinski definition) is 1. The Bertz CT molecular complexity index is 388. The lowest BCUT2D eigenvalue weighted by Crippen LogP contribution is -2.26. The minimum Gasteiger partial charge on any atom is -0.314 e. The van der Waals surface area contributed by atoms with Crippen molar-refractivity contribution in [2.45, 2.75) is 45.1 Å². The quantitative estimate of drug-likeness (QED) is 0.765. The standard InChI is InChI=1S/C15H21Cl2N/c1-2-3-12(10-18-13-5-6-13)8-11-4-7-14(16)15(17)9-11/h4,7,9,12-13,18H,2-3,5-6,8,10H2,1H3. The zero-order valence-corrected chi connectivity index (χ0v) is 12.4. The molecule has 0 radical (unpaired) electrons. The van der Waals surface area contributed by atoms with Gasteiger partial charge in [-0.2, -0.15) is 0 Å². The SMILES string of the molecule is CCCC(CNC1CC1)Cc1ccc(Cl)c(Cl)c1. The van der Waals surface area contributed by atoms with Crippen LogP contribution in [0.5, 0.6) is 0 Å². The van der Waals surface area contributed by atoms with Crippen molar-refractivity contribution in [2.24, 2.45) is 5.92 Å². The Hall–Kier alpha value is -0.240. The summed E-state index contributed by atoms with van der Waals surface area (Å²) in [5.41, 5.74) is 1.29. The van der Waals surface area contributed by atoms with Gasteiger partial charge in [0.15, 0.2) is 0 Å². The van der Waals surface area contributed by atoms with Gasteiger partial charge in [0, 0.05) is 6.04 Å². The van der Waals surface area contributed by atoms with E-state index in [4.69, 9.17) is 23.2 Å². The van der Waals surface area contributed by atoms with Gasteiger partial charge in [-0.15, -0.1) is 0 Å². The number of benzene rings is 1. The van der Waals surface area contributed by atoms with E-state index in [0.717, 1.165) is 19.0 Å². The fourth-order valence-corrected chi connectivity index (χ4v) is 2.63. The van der Waals surface area contributed by atoms with Gasteiger partial charge in [0.25, 0.3) is 0 Å². The molecule has 3 heteroatoms. The monoisotopic (exact) mass is 285 g/mol. The van der Waals surface area contributed by atoms with Crippen molar-refractivity contribution in [1.82, 2.24) is 5.32 Å². The van der Waals surface area contributed by atoms with E-state index < -0.39 is 0 Å². The van der Waals surface area contributed by atoms with Gasteiger partial charge in [0.1, 0.15) is 0 Å². The highest BCUT2D eigenvalue weighted by molar-refractivity contribution is 6.42. The second-order valence-electron chi connectivity index (χ2n) is 5.29. The first-order chi connectivity index (χ1) is 8.69. The van der Waals surface area contributed by atoms with Crippen LogP contribution in [0.3, 0.4) is 0 Å². The van der Waals surface area contributed by atoms with E-state index >= 15 is 0 Å². The molecule has 1 saturated carbocycles. The van der Waals surface area contributed by atoms with Crippen molar-refractivity contribution < 1.29 is 0 Å². The Kier molecular flexibility index (Phi) is 5.35. The molecule has 2 rings (SSSR count). The first kappa shape index (κ1) is 14.2. The van der Waals surface area contributed by atoms with Crippen LogP contribution < -0.4 is 5.32 Å². The third-order valence-corrected chi connectivity index (χ3v) is 4.22. The van der Waals surface area contributed by atoms with E-state index in [-0.39, 0.29) is 0 Å². The molecule has 100 valence electrons. The highest BCUT2D eigenvalue weighted by Gasteiger charge is 2.21. The summed E-state index contributed by atoms with van der Waals surface area (Å²) in [6, 6.07) is 6.78. The molecule has 1 N–H and O–H groups in total. The molecule has 1 atom stereocenters. The fraction of sp³-hybridized carbons (Fsp3) is 0.600. The summed E-state index contributed by atoms with van der Waals surface area (Å²) in [5, 5.41) is 4.94. The Balaban J connectivity index is 1.90. The molecule has 0 saturated heterocycles. The van der Waals surface area contributed by atoms with Crippen LogP contribution >= 0.6 is 23.2 Å². The molecule has 1 nitrogen and oxygen atoms in total. The lowest BCUT2D eigenvalue weighted by atomic mass is 9.95. The third-order valence-electron chi connectivity index (χ3n) is 3.48. The van der Waals surface area contributed by atoms with Crippen LogP contribution in [0.15, 0.2) is 18.2 Å². The summed E-state index contributed by atoms with van der Waals surface area (Å²) in [4.78, 5) is 0. The van der Waals surface area contributed by atoms with Gasteiger partial charge < -0.3 is 5.32 Å². The van der Waals surface area contributed by atoms with E-state index in [1.54, 1.807) is 0 Å². The average Bonchev–Trinajstić information content (AvgIpc) is 3.15. The van der Waals surface area contributed by atoms with Gasteiger partial charge in [-0.3, -0.25) is 0 Å². The largest absolute Gasteiger partial charge is 0.314 e. The van der Waals surface area contributed by atoms with Crippen LogP contribution in [0.2, 0.25) is 10.0 Å². The number of halogens is 2. The normalized spacial score (nSPS) is 16.8. The topological polar surface area (TPSA) is 12.0 Å². The van der Waals surface area contributed by atoms with Crippen LogP contribution in [0.25, 0.3) is 0 Å². The van der Waals surface area contributed by atoms with Gasteiger partial charge in [-0.1, -0.05) is 42.6 Å². The second-order valence-corrected chi connectivity index (χ2v) is 6.10. The fourth-order valence-electron chi connectivity index (χ4n) is 2.31. The minimum atomic E-state index is 0.642. The second kappa shape index (κ2) is 6.79. The lowest BCUT2D eigenvalue weighted by Gasteiger charge is -2.17. The van der Waals surface area contributed by atoms with Crippen LogP contribution in [0.4, 0.5) is 0 Å². The van der Waals surface area contributed by atoms with Gasteiger partial charge in [-0.25, -0.2) is 0 Å². The molecule has 1 aromatic carbocycles. The average molecular weight is 286 g/mol. The molecular formula is C15H21Cl2N. The molecule has 18 heavy (non-hydrogen) atoms.